The summed E-state index contributed by atoms with van der Waals surface area (Å²) in [6.07, 6.45) is 0.176. The van der Waals surface area contributed by atoms with Crippen LogP contribution in [0.4, 0.5) is 0 Å². The first-order valence-corrected chi connectivity index (χ1v) is 12.4. The highest BCUT2D eigenvalue weighted by Gasteiger charge is 2.23. The Labute approximate surface area is 227 Å². The molecule has 0 aliphatic rings. The molecule has 0 bridgehead atoms. The summed E-state index contributed by atoms with van der Waals surface area (Å²) in [6.45, 7) is 0.704. The van der Waals surface area contributed by atoms with E-state index in [0.717, 1.165) is 16.7 Å². The van der Waals surface area contributed by atoms with Gasteiger partial charge in [0.15, 0.2) is 11.5 Å². The molecule has 0 unspecified atom stereocenters. The predicted octanol–water partition coefficient (Wildman–Crippen LogP) is 5.23. The van der Waals surface area contributed by atoms with Crippen LogP contribution in [-0.2, 0) is 29.2 Å². The molecule has 1 N–H and O–H groups in total. The molecule has 0 saturated carbocycles. The Kier molecular flexibility index (Phi) is 9.30. The standard InChI is InChI=1S/C32H28N2O5/c1-37-32(36)28(34-31(35)27-15-12-23(20-33)13-16-27)18-26-14-17-29(38-21-24-8-4-2-5-9-24)30(19-26)39-22-25-10-6-3-7-11-25/h2-17,19,28H,18,21-22H2,1H3,(H,34,35)/t28-/m0/s1. The molecule has 0 aliphatic carbocycles. The van der Waals surface area contributed by atoms with Crippen LogP contribution < -0.4 is 14.8 Å². The molecule has 4 aromatic rings. The SMILES string of the molecule is COC(=O)[C@H](Cc1ccc(OCc2ccccc2)c(OCc2ccccc2)c1)NC(=O)c1ccc(C#N)cc1. The number of hydrogen-bond acceptors (Lipinski definition) is 6. The number of esters is 1. The summed E-state index contributed by atoms with van der Waals surface area (Å²) >= 11 is 0. The van der Waals surface area contributed by atoms with Gasteiger partial charge in [-0.2, -0.15) is 5.26 Å². The van der Waals surface area contributed by atoms with Crippen molar-refractivity contribution >= 4 is 11.9 Å². The van der Waals surface area contributed by atoms with Gasteiger partial charge in [0.1, 0.15) is 19.3 Å². The summed E-state index contributed by atoms with van der Waals surface area (Å²) in [6, 6.07) is 32.3. The first kappa shape index (κ1) is 27.0. The Morgan fingerprint density at radius 3 is 1.92 bits per heavy atom. The van der Waals surface area contributed by atoms with E-state index in [4.69, 9.17) is 19.5 Å². The van der Waals surface area contributed by atoms with Crippen LogP contribution in [0.3, 0.4) is 0 Å². The molecule has 0 fully saturated rings. The summed E-state index contributed by atoms with van der Waals surface area (Å²) in [7, 11) is 1.28. The minimum absolute atomic E-state index is 0.176. The Morgan fingerprint density at radius 1 is 0.769 bits per heavy atom. The lowest BCUT2D eigenvalue weighted by atomic mass is 10.0. The Bertz CT molecular complexity index is 1430. The van der Waals surface area contributed by atoms with Gasteiger partial charge in [0, 0.05) is 12.0 Å². The molecule has 4 aromatic carbocycles. The average molecular weight is 521 g/mol. The number of rotatable bonds is 11. The summed E-state index contributed by atoms with van der Waals surface area (Å²) < 4.78 is 17.2. The first-order valence-electron chi connectivity index (χ1n) is 12.4. The van der Waals surface area contributed by atoms with Crippen molar-refractivity contribution in [3.8, 4) is 17.6 Å². The lowest BCUT2D eigenvalue weighted by Gasteiger charge is -2.19. The second kappa shape index (κ2) is 13.5. The fourth-order valence-corrected chi connectivity index (χ4v) is 3.89. The zero-order valence-electron chi connectivity index (χ0n) is 21.5. The number of nitriles is 1. The number of nitrogens with zero attached hydrogens (tertiary/aromatic N) is 1. The largest absolute Gasteiger partial charge is 0.485 e. The number of hydrogen-bond donors (Lipinski definition) is 1. The zero-order chi connectivity index (χ0) is 27.5. The molecule has 4 rings (SSSR count). The van der Waals surface area contributed by atoms with Gasteiger partial charge in [0.2, 0.25) is 0 Å². The quantitative estimate of drug-likeness (QED) is 0.272. The van der Waals surface area contributed by atoms with Gasteiger partial charge in [0.25, 0.3) is 5.91 Å². The third kappa shape index (κ3) is 7.70. The number of carbonyl (C=O) groups is 2. The molecule has 196 valence electrons. The van der Waals surface area contributed by atoms with E-state index in [1.165, 1.54) is 19.2 Å². The van der Waals surface area contributed by atoms with Crippen LogP contribution >= 0.6 is 0 Å². The maximum atomic E-state index is 12.8. The van der Waals surface area contributed by atoms with Crippen molar-refractivity contribution in [3.05, 3.63) is 131 Å². The molecular formula is C32H28N2O5. The zero-order valence-corrected chi connectivity index (χ0v) is 21.5. The average Bonchev–Trinajstić information content (AvgIpc) is 2.99. The normalized spacial score (nSPS) is 11.1. The first-order chi connectivity index (χ1) is 19.1. The smallest absolute Gasteiger partial charge is 0.328 e. The highest BCUT2D eigenvalue weighted by atomic mass is 16.5. The van der Waals surface area contributed by atoms with Gasteiger partial charge in [-0.3, -0.25) is 4.79 Å². The lowest BCUT2D eigenvalue weighted by molar-refractivity contribution is -0.142. The van der Waals surface area contributed by atoms with Crippen molar-refractivity contribution in [2.45, 2.75) is 25.7 Å². The highest BCUT2D eigenvalue weighted by molar-refractivity contribution is 5.96. The lowest BCUT2D eigenvalue weighted by Crippen LogP contribution is -2.43. The van der Waals surface area contributed by atoms with E-state index < -0.39 is 17.9 Å². The van der Waals surface area contributed by atoms with Crippen molar-refractivity contribution in [2.24, 2.45) is 0 Å². The van der Waals surface area contributed by atoms with E-state index in [1.54, 1.807) is 18.2 Å². The molecule has 0 aliphatic heterocycles. The number of amides is 1. The molecule has 7 heteroatoms. The molecular weight excluding hydrogens is 492 g/mol. The second-order valence-electron chi connectivity index (χ2n) is 8.77. The second-order valence-corrected chi connectivity index (χ2v) is 8.77. The summed E-state index contributed by atoms with van der Waals surface area (Å²) in [4.78, 5) is 25.4. The monoisotopic (exact) mass is 520 g/mol. The van der Waals surface area contributed by atoms with Crippen LogP contribution in [-0.4, -0.2) is 25.0 Å². The summed E-state index contributed by atoms with van der Waals surface area (Å²) in [5, 5.41) is 11.7. The van der Waals surface area contributed by atoms with E-state index in [2.05, 4.69) is 5.32 Å². The summed E-state index contributed by atoms with van der Waals surface area (Å²) in [5.74, 6) is 0.0653. The number of carbonyl (C=O) groups excluding carboxylic acids is 2. The van der Waals surface area contributed by atoms with Gasteiger partial charge in [0.05, 0.1) is 18.7 Å². The van der Waals surface area contributed by atoms with Crippen molar-refractivity contribution in [2.75, 3.05) is 7.11 Å². The maximum absolute atomic E-state index is 12.8. The minimum atomic E-state index is -0.934. The van der Waals surface area contributed by atoms with Crippen LogP contribution in [0.15, 0.2) is 103 Å². The number of ether oxygens (including phenoxy) is 3. The van der Waals surface area contributed by atoms with E-state index in [1.807, 2.05) is 78.9 Å². The van der Waals surface area contributed by atoms with Crippen molar-refractivity contribution in [1.82, 2.24) is 5.32 Å². The molecule has 1 amide bonds. The number of nitrogens with one attached hydrogen (secondary N) is 1. The van der Waals surface area contributed by atoms with Gasteiger partial charge >= 0.3 is 5.97 Å². The van der Waals surface area contributed by atoms with Gasteiger partial charge in [-0.25, -0.2) is 4.79 Å². The Balaban J connectivity index is 1.53. The molecule has 0 aromatic heterocycles. The maximum Gasteiger partial charge on any atom is 0.328 e. The van der Waals surface area contributed by atoms with E-state index >= 15 is 0 Å². The van der Waals surface area contributed by atoms with Crippen LogP contribution in [0.2, 0.25) is 0 Å². The molecule has 0 radical (unpaired) electrons. The van der Waals surface area contributed by atoms with Crippen molar-refractivity contribution in [3.63, 3.8) is 0 Å². The van der Waals surface area contributed by atoms with E-state index in [9.17, 15) is 9.59 Å². The summed E-state index contributed by atoms with van der Waals surface area (Å²) in [5.41, 5.74) is 3.54. The van der Waals surface area contributed by atoms with Gasteiger partial charge in [-0.05, 0) is 53.1 Å². The molecule has 0 spiro atoms. The molecule has 39 heavy (non-hydrogen) atoms. The topological polar surface area (TPSA) is 97.7 Å². The van der Waals surface area contributed by atoms with Crippen molar-refractivity contribution < 1.29 is 23.8 Å². The Morgan fingerprint density at radius 2 is 1.36 bits per heavy atom. The van der Waals surface area contributed by atoms with Crippen LogP contribution in [0.25, 0.3) is 0 Å². The fourth-order valence-electron chi connectivity index (χ4n) is 3.89. The molecule has 1 atom stereocenters. The Hall–Kier alpha value is -5.09. The molecule has 0 heterocycles. The molecule has 7 nitrogen and oxygen atoms in total. The van der Waals surface area contributed by atoms with Crippen LogP contribution in [0.5, 0.6) is 11.5 Å². The van der Waals surface area contributed by atoms with E-state index in [-0.39, 0.29) is 6.42 Å². The predicted molar refractivity (Wildman–Crippen MR) is 146 cm³/mol. The third-order valence-electron chi connectivity index (χ3n) is 5.99. The van der Waals surface area contributed by atoms with Crippen molar-refractivity contribution in [1.29, 1.82) is 5.26 Å². The van der Waals surface area contributed by atoms with Gasteiger partial charge in [-0.1, -0.05) is 66.7 Å². The van der Waals surface area contributed by atoms with Crippen LogP contribution in [0.1, 0.15) is 32.6 Å². The fraction of sp³-hybridized carbons (Fsp3) is 0.156. The van der Waals surface area contributed by atoms with E-state index in [0.29, 0.717) is 35.8 Å². The highest BCUT2D eigenvalue weighted by Crippen LogP contribution is 2.31. The number of benzene rings is 4. The van der Waals surface area contributed by atoms with Gasteiger partial charge in [-0.15, -0.1) is 0 Å². The third-order valence-corrected chi connectivity index (χ3v) is 5.99. The minimum Gasteiger partial charge on any atom is -0.485 e. The molecule has 0 saturated heterocycles. The number of methoxy groups -OCH3 is 1. The van der Waals surface area contributed by atoms with Gasteiger partial charge < -0.3 is 19.5 Å². The van der Waals surface area contributed by atoms with Crippen LogP contribution in [0, 0.1) is 11.3 Å².